The lowest BCUT2D eigenvalue weighted by Crippen LogP contribution is -2.28. The first-order chi connectivity index (χ1) is 15.3. The predicted octanol–water partition coefficient (Wildman–Crippen LogP) is 6.55. The number of hydrogen-bond acceptors (Lipinski definition) is 4. The van der Waals surface area contributed by atoms with E-state index in [4.69, 9.17) is 19.3 Å². The van der Waals surface area contributed by atoms with Crippen LogP contribution in [0.2, 0.25) is 0 Å². The van der Waals surface area contributed by atoms with Gasteiger partial charge in [0, 0.05) is 19.8 Å². The van der Waals surface area contributed by atoms with Crippen molar-refractivity contribution in [3.8, 4) is 0 Å². The maximum Gasteiger partial charge on any atom is 0.0716 e. The second-order valence-electron chi connectivity index (χ2n) is 7.98. The Morgan fingerprint density at radius 1 is 0.812 bits per heavy atom. The highest BCUT2D eigenvalue weighted by Gasteiger charge is 2.21. The molecule has 3 rings (SSSR count). The van der Waals surface area contributed by atoms with Gasteiger partial charge in [-0.1, -0.05) is 68.1 Å². The van der Waals surface area contributed by atoms with Crippen molar-refractivity contribution in [3.63, 3.8) is 0 Å². The van der Waals surface area contributed by atoms with Gasteiger partial charge in [-0.25, -0.2) is 0 Å². The summed E-state index contributed by atoms with van der Waals surface area (Å²) in [4.78, 5) is 0. The molecule has 4 heteroatoms. The van der Waals surface area contributed by atoms with Crippen LogP contribution in [0.3, 0.4) is 0 Å². The monoisotopic (exact) mass is 444 g/mol. The third kappa shape index (κ3) is 13.0. The predicted molar refractivity (Wildman–Crippen MR) is 133 cm³/mol. The average Bonchev–Trinajstić information content (AvgIpc) is 2.83. The van der Waals surface area contributed by atoms with E-state index in [2.05, 4.69) is 24.3 Å². The highest BCUT2D eigenvalue weighted by atomic mass is 16.5. The Kier molecular flexibility index (Phi) is 16.6. The van der Waals surface area contributed by atoms with Crippen LogP contribution in [-0.4, -0.2) is 37.1 Å². The van der Waals surface area contributed by atoms with Crippen LogP contribution in [0.15, 0.2) is 60.7 Å². The van der Waals surface area contributed by atoms with Gasteiger partial charge in [-0.15, -0.1) is 0 Å². The molecule has 2 aromatic rings. The topological polar surface area (TPSA) is 47.9 Å². The summed E-state index contributed by atoms with van der Waals surface area (Å²) >= 11 is 0. The molecular formula is C28H44O4. The lowest BCUT2D eigenvalue weighted by Gasteiger charge is -2.30. The van der Waals surface area contributed by atoms with Gasteiger partial charge in [0.2, 0.25) is 0 Å². The lowest BCUT2D eigenvalue weighted by molar-refractivity contribution is -0.0674. The summed E-state index contributed by atoms with van der Waals surface area (Å²) < 4.78 is 17.1. The number of ether oxygens (including phenoxy) is 3. The first-order valence-electron chi connectivity index (χ1n) is 11.8. The summed E-state index contributed by atoms with van der Waals surface area (Å²) in [5.41, 5.74) is 2.47. The zero-order chi connectivity index (χ0) is 22.0. The molecule has 32 heavy (non-hydrogen) atoms. The van der Waals surface area contributed by atoms with Gasteiger partial charge >= 0.3 is 0 Å². The molecule has 0 saturated carbocycles. The highest BCUT2D eigenvalue weighted by Crippen LogP contribution is 2.24. The number of aliphatic hydroxyl groups is 1. The van der Waals surface area contributed by atoms with Gasteiger partial charge in [0.05, 0.1) is 25.4 Å². The van der Waals surface area contributed by atoms with Crippen LogP contribution < -0.4 is 0 Å². The molecule has 4 nitrogen and oxygen atoms in total. The molecule has 0 amide bonds. The van der Waals surface area contributed by atoms with E-state index in [0.717, 1.165) is 51.9 Å². The summed E-state index contributed by atoms with van der Waals surface area (Å²) in [6.07, 6.45) is 8.37. The van der Waals surface area contributed by atoms with Crippen LogP contribution in [0.5, 0.6) is 0 Å². The van der Waals surface area contributed by atoms with Gasteiger partial charge < -0.3 is 19.3 Å². The van der Waals surface area contributed by atoms with Gasteiger partial charge in [0.15, 0.2) is 0 Å². The summed E-state index contributed by atoms with van der Waals surface area (Å²) in [6.45, 7) is 5.27. The molecule has 0 spiro atoms. The third-order valence-corrected chi connectivity index (χ3v) is 5.38. The van der Waals surface area contributed by atoms with E-state index >= 15 is 0 Å². The molecule has 0 aromatic heterocycles. The number of aliphatic hydroxyl groups excluding tert-OH is 1. The number of rotatable bonds is 12. The van der Waals surface area contributed by atoms with Crippen molar-refractivity contribution >= 4 is 0 Å². The molecule has 0 bridgehead atoms. The largest absolute Gasteiger partial charge is 0.396 e. The molecule has 2 aromatic carbocycles. The zero-order valence-corrected chi connectivity index (χ0v) is 19.1. The Morgan fingerprint density at radius 3 is 1.94 bits per heavy atom. The smallest absolute Gasteiger partial charge is 0.0716 e. The first kappa shape index (κ1) is 28.3. The van der Waals surface area contributed by atoms with Crippen LogP contribution in [0, 0.1) is 0 Å². The van der Waals surface area contributed by atoms with Crippen molar-refractivity contribution in [2.45, 2.75) is 84.7 Å². The molecule has 1 heterocycles. The summed E-state index contributed by atoms with van der Waals surface area (Å²) in [6, 6.07) is 20.5. The molecule has 2 atom stereocenters. The molecule has 1 N–H and O–H groups in total. The van der Waals surface area contributed by atoms with Crippen LogP contribution in [0.1, 0.15) is 70.4 Å². The highest BCUT2D eigenvalue weighted by molar-refractivity contribution is 5.14. The molecule has 1 fully saturated rings. The Bertz CT molecular complexity index is 647. The lowest BCUT2D eigenvalue weighted by atomic mass is 9.99. The first-order valence-corrected chi connectivity index (χ1v) is 11.8. The van der Waals surface area contributed by atoms with E-state index in [1.54, 1.807) is 0 Å². The van der Waals surface area contributed by atoms with Crippen LogP contribution >= 0.6 is 0 Å². The molecule has 2 unspecified atom stereocenters. The Balaban J connectivity index is 0.000000393. The van der Waals surface area contributed by atoms with E-state index in [0.29, 0.717) is 25.4 Å². The van der Waals surface area contributed by atoms with Crippen molar-refractivity contribution in [2.75, 3.05) is 19.8 Å². The molecule has 1 aliphatic heterocycles. The van der Waals surface area contributed by atoms with E-state index in [1.807, 2.05) is 43.3 Å². The summed E-state index contributed by atoms with van der Waals surface area (Å²) in [7, 11) is 0. The molecule has 180 valence electrons. The van der Waals surface area contributed by atoms with E-state index in [1.165, 1.54) is 24.0 Å². The van der Waals surface area contributed by atoms with Crippen LogP contribution in [0.25, 0.3) is 0 Å². The maximum atomic E-state index is 8.83. The van der Waals surface area contributed by atoms with Gasteiger partial charge in [-0.2, -0.15) is 0 Å². The molecule has 1 aliphatic rings. The summed E-state index contributed by atoms with van der Waals surface area (Å²) in [5.74, 6) is 0. The fourth-order valence-electron chi connectivity index (χ4n) is 3.66. The zero-order valence-electron chi connectivity index (χ0n) is 19.1. The third-order valence-electron chi connectivity index (χ3n) is 5.38. The number of unbranched alkanes of at least 4 members (excludes halogenated alkanes) is 1. The van der Waals surface area contributed by atoms with Crippen molar-refractivity contribution in [1.29, 1.82) is 0 Å². The van der Waals surface area contributed by atoms with Gasteiger partial charge in [0.25, 0.3) is 0 Å². The van der Waals surface area contributed by atoms with E-state index < -0.39 is 0 Å². The fourth-order valence-corrected chi connectivity index (χ4v) is 3.66. The quantitative estimate of drug-likeness (QED) is 0.377. The van der Waals surface area contributed by atoms with Crippen molar-refractivity contribution in [2.24, 2.45) is 0 Å². The van der Waals surface area contributed by atoms with Gasteiger partial charge in [0.1, 0.15) is 0 Å². The Morgan fingerprint density at radius 2 is 1.38 bits per heavy atom. The molecule has 1 saturated heterocycles. The minimum atomic E-state index is 0. The van der Waals surface area contributed by atoms with Gasteiger partial charge in [-0.05, 0) is 63.0 Å². The Labute approximate surface area is 195 Å². The molecule has 0 radical (unpaired) electrons. The van der Waals surface area contributed by atoms with E-state index in [-0.39, 0.29) is 7.43 Å². The molecule has 0 aliphatic carbocycles. The van der Waals surface area contributed by atoms with Crippen LogP contribution in [0.4, 0.5) is 0 Å². The van der Waals surface area contributed by atoms with Crippen molar-refractivity contribution in [3.05, 3.63) is 71.8 Å². The maximum absolute atomic E-state index is 8.83. The fraction of sp³-hybridized carbons (Fsp3) is 0.571. The molecular weight excluding hydrogens is 400 g/mol. The average molecular weight is 445 g/mol. The minimum absolute atomic E-state index is 0. The van der Waals surface area contributed by atoms with Crippen molar-refractivity contribution < 1.29 is 19.3 Å². The second kappa shape index (κ2) is 18.8. The number of benzene rings is 2. The van der Waals surface area contributed by atoms with Gasteiger partial charge in [-0.3, -0.25) is 0 Å². The SMILES string of the molecule is C.CCOCc1ccccc1.OCCCCC1CCCC(CCOCc2ccccc2)O1. The summed E-state index contributed by atoms with van der Waals surface area (Å²) in [5, 5.41) is 8.83. The van der Waals surface area contributed by atoms with E-state index in [9.17, 15) is 0 Å². The second-order valence-corrected chi connectivity index (χ2v) is 7.98. The minimum Gasteiger partial charge on any atom is -0.396 e. The van der Waals surface area contributed by atoms with Crippen LogP contribution in [-0.2, 0) is 27.4 Å². The van der Waals surface area contributed by atoms with Crippen molar-refractivity contribution in [1.82, 2.24) is 0 Å². The number of hydrogen-bond donors (Lipinski definition) is 1. The normalized spacial score (nSPS) is 17.7. The standard InChI is InChI=1S/C18H28O3.C9H12O.CH4/c19-13-5-4-9-17-10-6-11-18(21-17)12-14-20-15-16-7-2-1-3-8-16;1-2-10-8-9-6-4-3-5-7-9;/h1-3,7-8,17-19H,4-6,9-15H2;3-7H,2,8H2,1H3;1H4. The Hall–Kier alpha value is -1.72.